The normalized spacial score (nSPS) is 20.7. The lowest BCUT2D eigenvalue weighted by Gasteiger charge is -2.44. The highest BCUT2D eigenvalue weighted by Crippen LogP contribution is 2.34. The molecule has 4 aromatic rings. The van der Waals surface area contributed by atoms with E-state index in [4.69, 9.17) is 21.6 Å². The van der Waals surface area contributed by atoms with E-state index in [1.54, 1.807) is 16.8 Å². The average molecular weight is 642 g/mol. The zero-order valence-corrected chi connectivity index (χ0v) is 28.4. The fourth-order valence-electron chi connectivity index (χ4n) is 7.15. The summed E-state index contributed by atoms with van der Waals surface area (Å²) in [5, 5.41) is 4.70. The minimum absolute atomic E-state index is 0.0942. The molecule has 242 valence electrons. The Balaban J connectivity index is 1.40. The highest BCUT2D eigenvalue weighted by molar-refractivity contribution is 6.33. The number of hydrogen-bond acceptors (Lipinski definition) is 7. The Bertz CT molecular complexity index is 1830. The van der Waals surface area contributed by atoms with Crippen molar-refractivity contribution in [3.05, 3.63) is 75.2 Å². The van der Waals surface area contributed by atoms with Crippen LogP contribution in [0.3, 0.4) is 0 Å². The molecule has 9 nitrogen and oxygen atoms in total. The minimum Gasteiger partial charge on any atom is -0.368 e. The van der Waals surface area contributed by atoms with Crippen molar-refractivity contribution in [2.45, 2.75) is 72.0 Å². The molecule has 4 heterocycles. The largest absolute Gasteiger partial charge is 0.368 e. The predicted octanol–water partition coefficient (Wildman–Crippen LogP) is 6.57. The van der Waals surface area contributed by atoms with E-state index in [0.29, 0.717) is 59.3 Å². The van der Waals surface area contributed by atoms with Gasteiger partial charge in [0.2, 0.25) is 11.9 Å². The molecule has 0 bridgehead atoms. The van der Waals surface area contributed by atoms with E-state index in [-0.39, 0.29) is 17.5 Å². The van der Waals surface area contributed by atoms with Gasteiger partial charge in [0, 0.05) is 78.2 Å². The molecule has 2 saturated heterocycles. The Labute approximate surface area is 276 Å². The van der Waals surface area contributed by atoms with E-state index >= 15 is 0 Å². The molecule has 0 unspecified atom stereocenters. The number of aromatic nitrogens is 3. The fourth-order valence-corrected chi connectivity index (χ4v) is 7.38. The first kappa shape index (κ1) is 32.0. The first-order valence-corrected chi connectivity index (χ1v) is 16.7. The van der Waals surface area contributed by atoms with E-state index in [2.05, 4.69) is 61.1 Å². The molecule has 0 spiro atoms. The second-order valence-electron chi connectivity index (χ2n) is 13.0. The lowest BCUT2D eigenvalue weighted by atomic mass is 9.98. The van der Waals surface area contributed by atoms with Crippen LogP contribution in [0.4, 0.5) is 17.3 Å². The number of halogens is 1. The molecule has 2 fully saturated rings. The predicted molar refractivity (Wildman–Crippen MR) is 187 cm³/mol. The van der Waals surface area contributed by atoms with Gasteiger partial charge in [0.05, 0.1) is 11.6 Å². The van der Waals surface area contributed by atoms with Gasteiger partial charge >= 0.3 is 0 Å². The summed E-state index contributed by atoms with van der Waals surface area (Å²) in [7, 11) is 2.20. The van der Waals surface area contributed by atoms with Crippen LogP contribution in [0.1, 0.15) is 57.2 Å². The van der Waals surface area contributed by atoms with Crippen molar-refractivity contribution in [3.8, 4) is 11.1 Å². The second-order valence-corrected chi connectivity index (χ2v) is 13.4. The van der Waals surface area contributed by atoms with Crippen LogP contribution < -0.4 is 15.8 Å². The maximum Gasteiger partial charge on any atom is 0.260 e. The molecular formula is C36H44ClN7O2. The van der Waals surface area contributed by atoms with Crippen molar-refractivity contribution in [1.29, 1.82) is 0 Å². The number of aryl methyl sites for hydroxylation is 2. The van der Waals surface area contributed by atoms with Gasteiger partial charge in [-0.2, -0.15) is 4.98 Å². The van der Waals surface area contributed by atoms with Crippen LogP contribution in [0.5, 0.6) is 0 Å². The monoisotopic (exact) mass is 641 g/mol. The second kappa shape index (κ2) is 13.0. The molecule has 46 heavy (non-hydrogen) atoms. The molecule has 3 atom stereocenters. The number of piperazine rings is 1. The third kappa shape index (κ3) is 5.98. The Morgan fingerprint density at radius 1 is 1.07 bits per heavy atom. The number of piperidine rings is 1. The van der Waals surface area contributed by atoms with Crippen LogP contribution in [-0.4, -0.2) is 75.6 Å². The van der Waals surface area contributed by atoms with Crippen molar-refractivity contribution < 1.29 is 4.79 Å². The number of likely N-dealkylation sites (N-methyl/N-ethyl adjacent to an activating group) is 1. The number of amides is 1. The molecule has 0 saturated carbocycles. The van der Waals surface area contributed by atoms with Gasteiger partial charge in [-0.15, -0.1) is 0 Å². The summed E-state index contributed by atoms with van der Waals surface area (Å²) in [5.74, 6) is 0.508. The molecule has 2 aromatic heterocycles. The van der Waals surface area contributed by atoms with Crippen molar-refractivity contribution >= 4 is 45.9 Å². The number of carbonyl (C=O) groups excluding carboxylic acids is 1. The number of carbonyl (C=O) groups is 1. The van der Waals surface area contributed by atoms with Crippen LogP contribution in [0.25, 0.3) is 22.2 Å². The van der Waals surface area contributed by atoms with Gasteiger partial charge in [-0.3, -0.25) is 19.1 Å². The van der Waals surface area contributed by atoms with Crippen molar-refractivity contribution in [1.82, 2.24) is 24.3 Å². The molecule has 2 aromatic carbocycles. The Morgan fingerprint density at radius 2 is 1.80 bits per heavy atom. The number of nitrogens with one attached hydrogen (secondary N) is 1. The van der Waals surface area contributed by atoms with Crippen LogP contribution in [-0.2, 0) is 4.79 Å². The molecule has 1 N–H and O–H groups in total. The number of rotatable bonds is 6. The summed E-state index contributed by atoms with van der Waals surface area (Å²) >= 11 is 6.64. The summed E-state index contributed by atoms with van der Waals surface area (Å²) in [6.07, 6.45) is 3.81. The smallest absolute Gasteiger partial charge is 0.260 e. The Kier molecular flexibility index (Phi) is 9.08. The number of pyridine rings is 1. The van der Waals surface area contributed by atoms with Gasteiger partial charge in [-0.05, 0) is 83.0 Å². The zero-order chi connectivity index (χ0) is 32.7. The summed E-state index contributed by atoms with van der Waals surface area (Å²) in [6, 6.07) is 14.5. The third-order valence-corrected chi connectivity index (χ3v) is 10.3. The molecule has 2 aliphatic rings. The Hall–Kier alpha value is -3.95. The molecule has 6 rings (SSSR count). The number of fused-ring (bicyclic) bond motifs is 1. The SMILES string of the molecule is CCC(=O)N1CCC[C@H](n2c(=O)c(-c3ccccc3Cl)c(C)c3cnc(Nc4ccc(N5C[C@@H](C)N(C)[C@@H](C)C5)c(C)c4)nc32)C1. The van der Waals surface area contributed by atoms with E-state index in [9.17, 15) is 9.59 Å². The van der Waals surface area contributed by atoms with E-state index in [0.717, 1.165) is 42.6 Å². The summed E-state index contributed by atoms with van der Waals surface area (Å²) in [5.41, 5.74) is 5.69. The average Bonchev–Trinajstić information content (AvgIpc) is 3.04. The lowest BCUT2D eigenvalue weighted by Crippen LogP contribution is -2.55. The Morgan fingerprint density at radius 3 is 2.50 bits per heavy atom. The highest BCUT2D eigenvalue weighted by Gasteiger charge is 2.30. The van der Waals surface area contributed by atoms with Crippen LogP contribution in [0.15, 0.2) is 53.5 Å². The van der Waals surface area contributed by atoms with E-state index < -0.39 is 0 Å². The molecule has 2 aliphatic heterocycles. The summed E-state index contributed by atoms with van der Waals surface area (Å²) in [4.78, 5) is 43.7. The maximum atomic E-state index is 14.5. The van der Waals surface area contributed by atoms with Gasteiger partial charge in [-0.25, -0.2) is 4.98 Å². The molecule has 1 amide bonds. The number of likely N-dealkylation sites (tertiary alicyclic amines) is 1. The highest BCUT2D eigenvalue weighted by atomic mass is 35.5. The molecule has 10 heteroatoms. The van der Waals surface area contributed by atoms with Crippen LogP contribution in [0, 0.1) is 13.8 Å². The standard InChI is InChI=1S/C36H44ClN7O2/c1-7-32(45)42-16-10-11-27(21-42)44-34-29(25(5)33(35(44)46)28-12-8-9-13-30(28)37)18-38-36(40-34)39-26-14-15-31(22(2)17-26)43-19-23(3)41(6)24(4)20-43/h8-9,12-15,17-18,23-24,27H,7,10-11,16,19-21H2,1-6H3,(H,38,39,40)/t23-,24+,27-/m0/s1. The van der Waals surface area contributed by atoms with Crippen molar-refractivity contribution in [2.24, 2.45) is 0 Å². The molecule has 0 aliphatic carbocycles. The van der Waals surface area contributed by atoms with E-state index in [1.165, 1.54) is 11.3 Å². The lowest BCUT2D eigenvalue weighted by molar-refractivity contribution is -0.132. The third-order valence-electron chi connectivity index (χ3n) is 9.92. The molecular weight excluding hydrogens is 598 g/mol. The zero-order valence-electron chi connectivity index (χ0n) is 27.7. The summed E-state index contributed by atoms with van der Waals surface area (Å²) in [6.45, 7) is 13.6. The van der Waals surface area contributed by atoms with Crippen LogP contribution in [0.2, 0.25) is 5.02 Å². The van der Waals surface area contributed by atoms with Gasteiger partial charge in [0.1, 0.15) is 5.65 Å². The van der Waals surface area contributed by atoms with Gasteiger partial charge < -0.3 is 15.1 Å². The van der Waals surface area contributed by atoms with Crippen molar-refractivity contribution in [2.75, 3.05) is 43.4 Å². The maximum absolute atomic E-state index is 14.5. The van der Waals surface area contributed by atoms with Gasteiger partial charge in [-0.1, -0.05) is 36.7 Å². The number of nitrogens with zero attached hydrogens (tertiary/aromatic N) is 6. The number of benzene rings is 2. The van der Waals surface area contributed by atoms with Gasteiger partial charge in [0.15, 0.2) is 0 Å². The first-order valence-electron chi connectivity index (χ1n) is 16.4. The molecule has 0 radical (unpaired) electrons. The van der Waals surface area contributed by atoms with Crippen molar-refractivity contribution in [3.63, 3.8) is 0 Å². The van der Waals surface area contributed by atoms with Crippen LogP contribution >= 0.6 is 11.6 Å². The number of hydrogen-bond donors (Lipinski definition) is 1. The number of anilines is 3. The fraction of sp³-hybridized carbons (Fsp3) is 0.444. The minimum atomic E-state index is -0.223. The topological polar surface area (TPSA) is 86.6 Å². The summed E-state index contributed by atoms with van der Waals surface area (Å²) < 4.78 is 1.78. The van der Waals surface area contributed by atoms with E-state index in [1.807, 2.05) is 36.9 Å². The van der Waals surface area contributed by atoms with Gasteiger partial charge in [0.25, 0.3) is 5.56 Å². The first-order chi connectivity index (χ1) is 22.1. The quantitative estimate of drug-likeness (QED) is 0.255.